The minimum Gasteiger partial charge on any atom is -0.491 e. The minimum atomic E-state index is -0.0770. The second-order valence-electron chi connectivity index (χ2n) is 8.42. The topological polar surface area (TPSA) is 65.6 Å². The highest BCUT2D eigenvalue weighted by atomic mass is 16.5. The van der Waals surface area contributed by atoms with E-state index in [9.17, 15) is 9.59 Å². The third-order valence-corrected chi connectivity index (χ3v) is 6.21. The number of likely N-dealkylation sites (tertiary alicyclic amines) is 2. The molecule has 1 amide bonds. The molecule has 0 bridgehead atoms. The third kappa shape index (κ3) is 3.80. The Morgan fingerprint density at radius 3 is 2.85 bits per heavy atom. The van der Waals surface area contributed by atoms with Crippen LogP contribution in [0.25, 0.3) is 0 Å². The van der Waals surface area contributed by atoms with E-state index >= 15 is 0 Å². The van der Waals surface area contributed by atoms with Gasteiger partial charge >= 0.3 is 0 Å². The molecule has 3 fully saturated rings. The van der Waals surface area contributed by atoms with Gasteiger partial charge in [-0.3, -0.25) is 14.5 Å². The average molecular weight is 359 g/mol. The van der Waals surface area contributed by atoms with Crippen LogP contribution in [0.3, 0.4) is 0 Å². The molecular weight excluding hydrogens is 330 g/mol. The fourth-order valence-corrected chi connectivity index (χ4v) is 4.65. The number of nitrogens with one attached hydrogen (secondary N) is 1. The van der Waals surface area contributed by atoms with Crippen molar-refractivity contribution in [1.29, 1.82) is 0 Å². The Morgan fingerprint density at radius 2 is 2.12 bits per heavy atom. The van der Waals surface area contributed by atoms with Crippen molar-refractivity contribution in [1.82, 2.24) is 14.8 Å². The molecule has 0 aromatic carbocycles. The Morgan fingerprint density at radius 1 is 1.27 bits per heavy atom. The lowest BCUT2D eigenvalue weighted by Crippen LogP contribution is -2.54. The number of nitrogens with zero attached hydrogens (tertiary/aromatic N) is 2. The first kappa shape index (κ1) is 17.6. The van der Waals surface area contributed by atoms with Crippen molar-refractivity contribution >= 4 is 5.91 Å². The van der Waals surface area contributed by atoms with Crippen LogP contribution in [-0.4, -0.2) is 54.0 Å². The number of H-pyrrole nitrogens is 1. The van der Waals surface area contributed by atoms with Gasteiger partial charge in [-0.05, 0) is 44.6 Å². The van der Waals surface area contributed by atoms with Gasteiger partial charge in [0, 0.05) is 56.0 Å². The predicted octanol–water partition coefficient (Wildman–Crippen LogP) is 2.00. The number of rotatable bonds is 5. The molecular formula is C20H29N3O3. The number of carbonyl (C=O) groups excluding carboxylic acids is 1. The van der Waals surface area contributed by atoms with E-state index < -0.39 is 0 Å². The number of methoxy groups -OCH3 is 1. The lowest BCUT2D eigenvalue weighted by molar-refractivity contribution is -0.139. The van der Waals surface area contributed by atoms with Crippen molar-refractivity contribution in [2.24, 2.45) is 11.3 Å². The van der Waals surface area contributed by atoms with Crippen molar-refractivity contribution in [3.63, 3.8) is 0 Å². The molecule has 6 heteroatoms. The summed E-state index contributed by atoms with van der Waals surface area (Å²) in [6.07, 6.45) is 8.28. The van der Waals surface area contributed by atoms with E-state index in [1.54, 1.807) is 12.3 Å². The van der Waals surface area contributed by atoms with Crippen LogP contribution >= 0.6 is 0 Å². The number of amides is 1. The quantitative estimate of drug-likeness (QED) is 0.873. The summed E-state index contributed by atoms with van der Waals surface area (Å²) in [4.78, 5) is 32.1. The molecule has 0 unspecified atom stereocenters. The number of hydrogen-bond donors (Lipinski definition) is 1. The Kier molecular flexibility index (Phi) is 4.78. The number of pyridine rings is 1. The van der Waals surface area contributed by atoms with Gasteiger partial charge in [0.1, 0.15) is 0 Å². The number of hydrogen-bond acceptors (Lipinski definition) is 4. The molecule has 2 aliphatic heterocycles. The summed E-state index contributed by atoms with van der Waals surface area (Å²) in [5, 5.41) is 0. The zero-order valence-corrected chi connectivity index (χ0v) is 15.6. The van der Waals surface area contributed by atoms with E-state index in [2.05, 4.69) is 14.8 Å². The standard InChI is InChI=1S/C20H29N3O3/c1-26-18-10-21-16(9-17(18)24)12-22-8-2-6-20(13-22)7-5-19(25)23(14-20)11-15-3-4-15/h9-10,15H,2-8,11-14H2,1H3,(H,21,24)/t20-/m1/s1. The summed E-state index contributed by atoms with van der Waals surface area (Å²) in [6.45, 7) is 4.68. The Bertz CT molecular complexity index is 727. The number of carbonyl (C=O) groups is 1. The van der Waals surface area contributed by atoms with Crippen LogP contribution in [0.15, 0.2) is 17.1 Å². The van der Waals surface area contributed by atoms with Gasteiger partial charge in [0.05, 0.1) is 7.11 Å². The summed E-state index contributed by atoms with van der Waals surface area (Å²) >= 11 is 0. The molecule has 142 valence electrons. The summed E-state index contributed by atoms with van der Waals surface area (Å²) in [7, 11) is 1.51. The molecule has 4 rings (SSSR count). The minimum absolute atomic E-state index is 0.0770. The predicted molar refractivity (Wildman–Crippen MR) is 99.1 cm³/mol. The Balaban J connectivity index is 1.42. The maximum absolute atomic E-state index is 12.3. The van der Waals surface area contributed by atoms with Crippen LogP contribution in [-0.2, 0) is 11.3 Å². The van der Waals surface area contributed by atoms with Crippen molar-refractivity contribution in [3.05, 3.63) is 28.2 Å². The molecule has 1 atom stereocenters. The maximum atomic E-state index is 12.3. The van der Waals surface area contributed by atoms with Crippen molar-refractivity contribution in [3.8, 4) is 5.75 Å². The first-order chi connectivity index (χ1) is 12.6. The lowest BCUT2D eigenvalue weighted by Gasteiger charge is -2.48. The highest BCUT2D eigenvalue weighted by Gasteiger charge is 2.42. The zero-order valence-electron chi connectivity index (χ0n) is 15.6. The molecule has 1 N–H and O–H groups in total. The van der Waals surface area contributed by atoms with Crippen LogP contribution in [0.4, 0.5) is 0 Å². The summed E-state index contributed by atoms with van der Waals surface area (Å²) < 4.78 is 5.04. The molecule has 0 radical (unpaired) electrons. The molecule has 1 aromatic rings. The lowest BCUT2D eigenvalue weighted by atomic mass is 9.73. The number of piperidine rings is 2. The summed E-state index contributed by atoms with van der Waals surface area (Å²) in [5.41, 5.74) is 1.08. The summed E-state index contributed by atoms with van der Waals surface area (Å²) in [5.74, 6) is 1.45. The molecule has 3 aliphatic rings. The van der Waals surface area contributed by atoms with E-state index in [-0.39, 0.29) is 10.8 Å². The molecule has 1 aliphatic carbocycles. The van der Waals surface area contributed by atoms with Gasteiger partial charge in [-0.15, -0.1) is 0 Å². The van der Waals surface area contributed by atoms with Gasteiger partial charge in [0.15, 0.2) is 5.75 Å². The third-order valence-electron chi connectivity index (χ3n) is 6.21. The molecule has 2 saturated heterocycles. The van der Waals surface area contributed by atoms with Crippen LogP contribution in [0.1, 0.15) is 44.2 Å². The number of aromatic nitrogens is 1. The Hall–Kier alpha value is -1.82. The maximum Gasteiger partial charge on any atom is 0.223 e. The van der Waals surface area contributed by atoms with E-state index in [1.807, 2.05) is 0 Å². The van der Waals surface area contributed by atoms with E-state index in [0.717, 1.165) is 57.2 Å². The highest BCUT2D eigenvalue weighted by Crippen LogP contribution is 2.40. The van der Waals surface area contributed by atoms with Gasteiger partial charge in [-0.25, -0.2) is 0 Å². The molecule has 1 saturated carbocycles. The number of ether oxygens (including phenoxy) is 1. The van der Waals surface area contributed by atoms with Crippen LogP contribution in [0.5, 0.6) is 5.75 Å². The second-order valence-corrected chi connectivity index (χ2v) is 8.42. The average Bonchev–Trinajstić information content (AvgIpc) is 3.43. The van der Waals surface area contributed by atoms with E-state index in [1.165, 1.54) is 26.4 Å². The monoisotopic (exact) mass is 359 g/mol. The summed E-state index contributed by atoms with van der Waals surface area (Å²) in [6, 6.07) is 1.64. The van der Waals surface area contributed by atoms with Crippen LogP contribution < -0.4 is 10.2 Å². The van der Waals surface area contributed by atoms with Crippen molar-refractivity contribution in [2.75, 3.05) is 33.3 Å². The van der Waals surface area contributed by atoms with E-state index in [4.69, 9.17) is 4.74 Å². The fourth-order valence-electron chi connectivity index (χ4n) is 4.65. The molecule has 1 spiro atoms. The normalized spacial score (nSPS) is 27.1. The SMILES string of the molecule is COc1c[nH]c(CN2CCC[C@@]3(CCC(=O)N(CC4CC4)C3)C2)cc1=O. The number of aromatic amines is 1. The zero-order chi connectivity index (χ0) is 18.1. The van der Waals surface area contributed by atoms with Crippen LogP contribution in [0, 0.1) is 11.3 Å². The van der Waals surface area contributed by atoms with Gasteiger partial charge < -0.3 is 14.6 Å². The smallest absolute Gasteiger partial charge is 0.223 e. The van der Waals surface area contributed by atoms with Gasteiger partial charge in [-0.1, -0.05) is 0 Å². The van der Waals surface area contributed by atoms with Gasteiger partial charge in [0.25, 0.3) is 0 Å². The largest absolute Gasteiger partial charge is 0.491 e. The van der Waals surface area contributed by atoms with E-state index in [0.29, 0.717) is 18.1 Å². The highest BCUT2D eigenvalue weighted by molar-refractivity contribution is 5.77. The van der Waals surface area contributed by atoms with Crippen molar-refractivity contribution in [2.45, 2.75) is 45.1 Å². The molecule has 1 aromatic heterocycles. The molecule has 6 nitrogen and oxygen atoms in total. The van der Waals surface area contributed by atoms with Gasteiger partial charge in [-0.2, -0.15) is 0 Å². The van der Waals surface area contributed by atoms with Crippen LogP contribution in [0.2, 0.25) is 0 Å². The first-order valence-electron chi connectivity index (χ1n) is 9.83. The first-order valence-corrected chi connectivity index (χ1v) is 9.83. The molecule has 3 heterocycles. The molecule has 26 heavy (non-hydrogen) atoms. The van der Waals surface area contributed by atoms with Gasteiger partial charge in [0.2, 0.25) is 11.3 Å². The Labute approximate surface area is 154 Å². The van der Waals surface area contributed by atoms with Crippen molar-refractivity contribution < 1.29 is 9.53 Å². The second kappa shape index (κ2) is 7.06. The fraction of sp³-hybridized carbons (Fsp3) is 0.700.